The zero-order valence-corrected chi connectivity index (χ0v) is 16.7. The second kappa shape index (κ2) is 7.78. The number of carboxylic acids is 1. The lowest BCUT2D eigenvalue weighted by molar-refractivity contribution is -0.147. The van der Waals surface area contributed by atoms with E-state index in [2.05, 4.69) is 24.1 Å². The molecule has 1 fully saturated rings. The molecule has 0 aliphatic carbocycles. The molecule has 2 heterocycles. The van der Waals surface area contributed by atoms with Crippen molar-refractivity contribution in [3.63, 3.8) is 0 Å². The van der Waals surface area contributed by atoms with E-state index in [9.17, 15) is 14.7 Å². The van der Waals surface area contributed by atoms with Crippen molar-refractivity contribution in [1.82, 2.24) is 9.88 Å². The van der Waals surface area contributed by atoms with Crippen molar-refractivity contribution in [3.05, 3.63) is 35.2 Å². The van der Waals surface area contributed by atoms with E-state index in [4.69, 9.17) is 0 Å². The summed E-state index contributed by atoms with van der Waals surface area (Å²) >= 11 is 1.50. The molecule has 2 aromatic rings. The highest BCUT2D eigenvalue weighted by Gasteiger charge is 2.40. The van der Waals surface area contributed by atoms with Gasteiger partial charge in [0.1, 0.15) is 0 Å². The summed E-state index contributed by atoms with van der Waals surface area (Å²) in [6, 6.07) is 9.95. The van der Waals surface area contributed by atoms with Crippen molar-refractivity contribution in [2.75, 3.05) is 25.0 Å². The molecule has 27 heavy (non-hydrogen) atoms. The highest BCUT2D eigenvalue weighted by atomic mass is 32.1. The van der Waals surface area contributed by atoms with E-state index < -0.39 is 11.4 Å². The molecule has 0 saturated carbocycles. The fourth-order valence-electron chi connectivity index (χ4n) is 3.31. The van der Waals surface area contributed by atoms with Gasteiger partial charge in [0, 0.05) is 17.0 Å². The fourth-order valence-corrected chi connectivity index (χ4v) is 4.31. The molecule has 0 spiro atoms. The Morgan fingerprint density at radius 3 is 2.63 bits per heavy atom. The maximum atomic E-state index is 12.4. The molecule has 0 radical (unpaired) electrons. The van der Waals surface area contributed by atoms with Gasteiger partial charge in [0.05, 0.1) is 17.7 Å². The third-order valence-electron chi connectivity index (χ3n) is 4.91. The molecule has 1 atom stereocenters. The molecular formula is C20H25N3O3S. The predicted octanol–water partition coefficient (Wildman–Crippen LogP) is 3.67. The Balaban J connectivity index is 1.69. The average Bonchev–Trinajstić information content (AvgIpc) is 3.20. The lowest BCUT2D eigenvalue weighted by Gasteiger charge is -2.19. The van der Waals surface area contributed by atoms with Crippen molar-refractivity contribution < 1.29 is 14.7 Å². The van der Waals surface area contributed by atoms with Gasteiger partial charge in [-0.15, -0.1) is 11.3 Å². The van der Waals surface area contributed by atoms with E-state index in [0.717, 1.165) is 16.1 Å². The summed E-state index contributed by atoms with van der Waals surface area (Å²) in [5.41, 5.74) is 1.17. The maximum Gasteiger partial charge on any atom is 0.310 e. The van der Waals surface area contributed by atoms with Crippen LogP contribution in [-0.4, -0.2) is 46.5 Å². The predicted molar refractivity (Wildman–Crippen MR) is 107 cm³/mol. The molecule has 1 unspecified atom stereocenters. The molecule has 1 aromatic heterocycles. The molecule has 7 heteroatoms. The van der Waals surface area contributed by atoms with Crippen LogP contribution in [0.1, 0.15) is 38.0 Å². The number of carbonyl (C=O) groups excluding carboxylic acids is 1. The molecule has 1 saturated heterocycles. The van der Waals surface area contributed by atoms with Crippen molar-refractivity contribution >= 4 is 28.3 Å². The van der Waals surface area contributed by atoms with Crippen molar-refractivity contribution in [2.45, 2.75) is 33.1 Å². The van der Waals surface area contributed by atoms with Gasteiger partial charge in [0.2, 0.25) is 5.91 Å². The molecule has 1 aromatic carbocycles. The molecule has 6 nitrogen and oxygen atoms in total. The van der Waals surface area contributed by atoms with Crippen LogP contribution in [0.4, 0.5) is 5.13 Å². The summed E-state index contributed by atoms with van der Waals surface area (Å²) < 4.78 is 0. The lowest BCUT2D eigenvalue weighted by Crippen LogP contribution is -2.35. The third kappa shape index (κ3) is 4.36. The molecule has 1 aliphatic rings. The quantitative estimate of drug-likeness (QED) is 0.790. The fraction of sp³-hybridized carbons (Fsp3) is 0.450. The van der Waals surface area contributed by atoms with Gasteiger partial charge in [-0.25, -0.2) is 4.98 Å². The average molecular weight is 388 g/mol. The molecule has 144 valence electrons. The minimum Gasteiger partial charge on any atom is -0.481 e. The molecule has 1 aliphatic heterocycles. The largest absolute Gasteiger partial charge is 0.481 e. The molecule has 3 rings (SSSR count). The second-order valence-electron chi connectivity index (χ2n) is 7.63. The number of benzene rings is 1. The maximum absolute atomic E-state index is 12.4. The van der Waals surface area contributed by atoms with Crippen LogP contribution < -0.4 is 5.32 Å². The van der Waals surface area contributed by atoms with E-state index in [1.807, 2.05) is 35.2 Å². The normalized spacial score (nSPS) is 20.1. The first-order valence-electron chi connectivity index (χ1n) is 9.10. The van der Waals surface area contributed by atoms with E-state index in [1.54, 1.807) is 6.92 Å². The molecule has 0 bridgehead atoms. The number of aliphatic carboxylic acids is 1. The molecule has 1 amide bonds. The van der Waals surface area contributed by atoms with Gasteiger partial charge in [-0.3, -0.25) is 14.5 Å². The number of rotatable bonds is 6. The van der Waals surface area contributed by atoms with Crippen LogP contribution in [0, 0.1) is 5.41 Å². The van der Waals surface area contributed by atoms with Crippen LogP contribution in [0.3, 0.4) is 0 Å². The summed E-state index contributed by atoms with van der Waals surface area (Å²) in [6.45, 7) is 7.14. The van der Waals surface area contributed by atoms with Gasteiger partial charge in [-0.1, -0.05) is 44.2 Å². The summed E-state index contributed by atoms with van der Waals surface area (Å²) in [5, 5.41) is 12.8. The number of likely N-dealkylation sites (tertiary alicyclic amines) is 1. The minimum atomic E-state index is -0.806. The summed E-state index contributed by atoms with van der Waals surface area (Å²) in [7, 11) is 0. The first kappa shape index (κ1) is 19.5. The first-order valence-corrected chi connectivity index (χ1v) is 9.92. The van der Waals surface area contributed by atoms with Crippen molar-refractivity contribution in [2.24, 2.45) is 5.41 Å². The van der Waals surface area contributed by atoms with Crippen molar-refractivity contribution in [3.8, 4) is 11.3 Å². The number of nitrogens with zero attached hydrogens (tertiary/aromatic N) is 2. The van der Waals surface area contributed by atoms with Crippen LogP contribution in [-0.2, 0) is 9.59 Å². The van der Waals surface area contributed by atoms with E-state index >= 15 is 0 Å². The van der Waals surface area contributed by atoms with Crippen LogP contribution >= 0.6 is 11.3 Å². The van der Waals surface area contributed by atoms with Crippen LogP contribution in [0.2, 0.25) is 0 Å². The van der Waals surface area contributed by atoms with E-state index in [1.165, 1.54) is 11.3 Å². The number of carboxylic acid groups (broad SMARTS) is 1. The van der Waals surface area contributed by atoms with Gasteiger partial charge in [0.25, 0.3) is 0 Å². The van der Waals surface area contributed by atoms with Crippen LogP contribution in [0.5, 0.6) is 0 Å². The topological polar surface area (TPSA) is 82.5 Å². The second-order valence-corrected chi connectivity index (χ2v) is 8.66. The number of nitrogens with one attached hydrogen (secondary N) is 1. The van der Waals surface area contributed by atoms with Crippen LogP contribution in [0.15, 0.2) is 30.3 Å². The minimum absolute atomic E-state index is 0.159. The Hall–Kier alpha value is -2.25. The smallest absolute Gasteiger partial charge is 0.310 e. The van der Waals surface area contributed by atoms with E-state index in [0.29, 0.717) is 30.6 Å². The third-order valence-corrected chi connectivity index (χ3v) is 6.18. The number of hydrogen-bond acceptors (Lipinski definition) is 5. The van der Waals surface area contributed by atoms with Crippen LogP contribution in [0.25, 0.3) is 11.3 Å². The number of aromatic nitrogens is 1. The first-order chi connectivity index (χ1) is 12.8. The summed E-state index contributed by atoms with van der Waals surface area (Å²) in [6.07, 6.45) is 0.558. The Bertz CT molecular complexity index is 834. The Labute approximate surface area is 163 Å². The van der Waals surface area contributed by atoms with E-state index in [-0.39, 0.29) is 12.5 Å². The van der Waals surface area contributed by atoms with Gasteiger partial charge >= 0.3 is 5.97 Å². The monoisotopic (exact) mass is 387 g/mol. The number of thiazole rings is 1. The Morgan fingerprint density at radius 2 is 2.04 bits per heavy atom. The number of anilines is 1. The molecular weight excluding hydrogens is 362 g/mol. The number of amides is 1. The zero-order valence-electron chi connectivity index (χ0n) is 15.9. The lowest BCUT2D eigenvalue weighted by atomic mass is 9.90. The van der Waals surface area contributed by atoms with Crippen molar-refractivity contribution in [1.29, 1.82) is 0 Å². The number of carbonyl (C=O) groups is 2. The van der Waals surface area contributed by atoms with Gasteiger partial charge in [-0.05, 0) is 25.8 Å². The standard InChI is InChI=1S/C20H25N3O3S/c1-13(2)17-16(14-7-5-4-6-8-14)22-19(27-17)21-15(24)11-23-10-9-20(3,12-23)18(25)26/h4-8,13H,9-12H2,1-3H3,(H,25,26)(H,21,22,24). The Morgan fingerprint density at radius 1 is 1.33 bits per heavy atom. The van der Waals surface area contributed by atoms with Gasteiger partial charge in [-0.2, -0.15) is 0 Å². The molecule has 2 N–H and O–H groups in total. The highest BCUT2D eigenvalue weighted by molar-refractivity contribution is 7.16. The number of hydrogen-bond donors (Lipinski definition) is 2. The Kier molecular flexibility index (Phi) is 5.62. The summed E-state index contributed by atoms with van der Waals surface area (Å²) in [5.74, 6) is -0.661. The van der Waals surface area contributed by atoms with Gasteiger partial charge < -0.3 is 10.4 Å². The zero-order chi connectivity index (χ0) is 19.6. The van der Waals surface area contributed by atoms with Gasteiger partial charge in [0.15, 0.2) is 5.13 Å². The SMILES string of the molecule is CC(C)c1sc(NC(=O)CN2CCC(C)(C(=O)O)C2)nc1-c1ccccc1. The summed E-state index contributed by atoms with van der Waals surface area (Å²) in [4.78, 5) is 31.5. The highest BCUT2D eigenvalue weighted by Crippen LogP contribution is 2.36.